The van der Waals surface area contributed by atoms with Crippen molar-refractivity contribution in [3.8, 4) is 29.5 Å². The molecule has 1 N–H and O–H groups in total. The fourth-order valence-electron chi connectivity index (χ4n) is 7.84. The summed E-state index contributed by atoms with van der Waals surface area (Å²) in [5, 5.41) is 17.9. The van der Waals surface area contributed by atoms with Gasteiger partial charge in [0.15, 0.2) is 0 Å². The van der Waals surface area contributed by atoms with Crippen molar-refractivity contribution in [1.29, 1.82) is 0 Å². The van der Waals surface area contributed by atoms with Gasteiger partial charge in [-0.1, -0.05) is 31.9 Å². The molecule has 7 rings (SSSR count). The van der Waals surface area contributed by atoms with E-state index in [1.54, 1.807) is 18.3 Å². The summed E-state index contributed by atoms with van der Waals surface area (Å²) in [7, 11) is 0. The molecule has 0 saturated carbocycles. The topological polar surface area (TPSA) is 70.8 Å². The summed E-state index contributed by atoms with van der Waals surface area (Å²) in [5.74, 6) is 4.33. The van der Waals surface area contributed by atoms with E-state index in [0.29, 0.717) is 59.2 Å². The summed E-state index contributed by atoms with van der Waals surface area (Å²) in [6.07, 6.45) is 11.5. The average Bonchev–Trinajstić information content (AvgIpc) is 3.47. The number of ether oxygens (including phenoxy) is 1. The Labute approximate surface area is 257 Å². The number of rotatable bonds is 5. The second kappa shape index (κ2) is 11.1. The van der Waals surface area contributed by atoms with E-state index in [1.807, 2.05) is 24.3 Å². The number of phenols is 1. The predicted octanol–water partition coefficient (Wildman–Crippen LogP) is 6.05. The number of anilines is 1. The molecular weight excluding hydrogens is 555 g/mol. The van der Waals surface area contributed by atoms with Crippen molar-refractivity contribution in [1.82, 2.24) is 14.7 Å². The maximum atomic E-state index is 14.5. The molecule has 0 spiro atoms. The maximum Gasteiger partial charge on any atom is 0.279 e. The van der Waals surface area contributed by atoms with Gasteiger partial charge in [0.2, 0.25) is 0 Å². The zero-order valence-corrected chi connectivity index (χ0v) is 25.4. The largest absolute Gasteiger partial charge is 0.508 e. The van der Waals surface area contributed by atoms with E-state index in [1.165, 1.54) is 10.7 Å². The van der Waals surface area contributed by atoms with Crippen LogP contribution in [0.4, 0.5) is 10.1 Å². The van der Waals surface area contributed by atoms with Crippen molar-refractivity contribution in [2.75, 3.05) is 37.7 Å². The van der Waals surface area contributed by atoms with Crippen molar-refractivity contribution in [3.63, 3.8) is 0 Å². The molecule has 2 unspecified atom stereocenters. The molecule has 0 aliphatic carbocycles. The lowest BCUT2D eigenvalue weighted by atomic mass is 9.95. The van der Waals surface area contributed by atoms with Crippen molar-refractivity contribution >= 4 is 27.2 Å². The predicted molar refractivity (Wildman–Crippen MR) is 173 cm³/mol. The number of fused-ring (bicyclic) bond motifs is 3. The van der Waals surface area contributed by atoms with Crippen LogP contribution in [0, 0.1) is 24.2 Å². The number of hydrogen-bond donors (Lipinski definition) is 1. The molecule has 3 fully saturated rings. The van der Waals surface area contributed by atoms with Crippen LogP contribution in [0.3, 0.4) is 0 Å². The van der Waals surface area contributed by atoms with Gasteiger partial charge in [-0.05, 0) is 67.6 Å². The molecule has 44 heavy (non-hydrogen) atoms. The number of halogens is 1. The first-order valence-corrected chi connectivity index (χ1v) is 15.8. The molecule has 4 atom stereocenters. The monoisotopic (exact) mass is 594 g/mol. The highest BCUT2D eigenvalue weighted by Gasteiger charge is 2.49. The highest BCUT2D eigenvalue weighted by atomic mass is 19.1. The first kappa shape index (κ1) is 28.7. The van der Waals surface area contributed by atoms with Crippen LogP contribution in [-0.2, 0) is 0 Å². The van der Waals surface area contributed by atoms with Crippen molar-refractivity contribution in [2.24, 2.45) is 11.8 Å². The third kappa shape index (κ3) is 4.97. The highest BCUT2D eigenvalue weighted by Crippen LogP contribution is 2.41. The molecule has 3 aliphatic heterocycles. The van der Waals surface area contributed by atoms with Crippen LogP contribution in [0.2, 0.25) is 0 Å². The van der Waals surface area contributed by atoms with Gasteiger partial charge in [-0.15, -0.1) is 6.42 Å². The van der Waals surface area contributed by atoms with Crippen LogP contribution in [0.1, 0.15) is 51.5 Å². The van der Waals surface area contributed by atoms with Gasteiger partial charge in [0.1, 0.15) is 24.3 Å². The maximum absolute atomic E-state index is 14.5. The first-order valence-electron chi connectivity index (χ1n) is 15.8. The van der Waals surface area contributed by atoms with Crippen LogP contribution < -0.4 is 15.2 Å². The minimum absolute atomic E-state index is 0.0175. The number of benzene rings is 3. The van der Waals surface area contributed by atoms with E-state index in [2.05, 4.69) is 34.7 Å². The van der Waals surface area contributed by atoms with E-state index >= 15 is 0 Å². The number of terminal acetylenes is 1. The van der Waals surface area contributed by atoms with E-state index < -0.39 is 6.17 Å². The van der Waals surface area contributed by atoms with Gasteiger partial charge in [0.25, 0.3) is 5.56 Å². The van der Waals surface area contributed by atoms with Crippen LogP contribution in [0.15, 0.2) is 53.5 Å². The molecule has 0 bridgehead atoms. The second-order valence-electron chi connectivity index (χ2n) is 13.3. The summed E-state index contributed by atoms with van der Waals surface area (Å²) in [6, 6.07) is 12.5. The van der Waals surface area contributed by atoms with Crippen molar-refractivity contribution in [3.05, 3.63) is 64.6 Å². The Bertz CT molecular complexity index is 1840. The molecule has 4 aromatic rings. The first-order chi connectivity index (χ1) is 21.2. The molecule has 228 valence electrons. The lowest BCUT2D eigenvalue weighted by molar-refractivity contribution is 0.113. The number of aromatic hydroxyl groups is 1. The third-order valence-corrected chi connectivity index (χ3v) is 10.0. The van der Waals surface area contributed by atoms with Crippen LogP contribution >= 0.6 is 0 Å². The van der Waals surface area contributed by atoms with Gasteiger partial charge in [-0.2, -0.15) is 9.78 Å². The molecule has 7 nitrogen and oxygen atoms in total. The van der Waals surface area contributed by atoms with E-state index in [9.17, 15) is 14.3 Å². The molecular formula is C36H39FN4O3. The number of hydrogen-bond acceptors (Lipinski definition) is 6. The number of alkyl halides is 1. The molecule has 8 heteroatoms. The normalized spacial score (nSPS) is 25.7. The Morgan fingerprint density at radius 1 is 1.09 bits per heavy atom. The second-order valence-corrected chi connectivity index (χ2v) is 13.3. The standard InChI is InChI=1S/C36H39FN4O3/c1-4-25-7-5-8-26-13-28(42)14-33(34(25)26)41-35(43)30-15-29(44-22-36-11-6-12-40(36)21-27(37)17-36)16-32(31(30)18-38-41)39-19-23(2)9-10-24(3)20-39/h1,5,7-8,13-16,18,23-24,27,42H,6,9-12,17,19-22H2,2-3H3/t23?,24?,27-,36+/m1/s1. The number of nitrogens with zero attached hydrogens (tertiary/aromatic N) is 4. The Balaban J connectivity index is 1.39. The van der Waals surface area contributed by atoms with Crippen LogP contribution in [0.25, 0.3) is 27.2 Å². The molecule has 0 radical (unpaired) electrons. The summed E-state index contributed by atoms with van der Waals surface area (Å²) in [5.41, 5.74) is 1.33. The SMILES string of the molecule is C#Cc1cccc2cc(O)cc(-n3ncc4c(N5CC(C)CCC(C)C5)cc(OC[C@@]56CCCN5C[C@H](F)C6)cc4c3=O)c12. The molecule has 1 aromatic heterocycles. The lowest BCUT2D eigenvalue weighted by Crippen LogP contribution is -2.43. The van der Waals surface area contributed by atoms with Gasteiger partial charge in [-0.3, -0.25) is 9.69 Å². The van der Waals surface area contributed by atoms with Gasteiger partial charge in [0, 0.05) is 54.5 Å². The molecule has 0 amide bonds. The van der Waals surface area contributed by atoms with Crippen molar-refractivity contribution in [2.45, 2.75) is 57.7 Å². The van der Waals surface area contributed by atoms with E-state index in [-0.39, 0.29) is 16.8 Å². The fraction of sp³-hybridized carbons (Fsp3) is 0.444. The fourth-order valence-corrected chi connectivity index (χ4v) is 7.84. The Morgan fingerprint density at radius 2 is 1.89 bits per heavy atom. The Morgan fingerprint density at radius 3 is 2.66 bits per heavy atom. The molecule has 3 aromatic carbocycles. The summed E-state index contributed by atoms with van der Waals surface area (Å²) < 4.78 is 22.4. The van der Waals surface area contributed by atoms with E-state index in [4.69, 9.17) is 11.2 Å². The van der Waals surface area contributed by atoms with Gasteiger partial charge in [0.05, 0.1) is 28.5 Å². The van der Waals surface area contributed by atoms with E-state index in [0.717, 1.165) is 61.8 Å². The van der Waals surface area contributed by atoms with Gasteiger partial charge >= 0.3 is 0 Å². The quantitative estimate of drug-likeness (QED) is 0.284. The Hall–Kier alpha value is -4.09. The highest BCUT2D eigenvalue weighted by molar-refractivity contribution is 5.98. The molecule has 4 heterocycles. The van der Waals surface area contributed by atoms with Crippen LogP contribution in [-0.4, -0.2) is 64.3 Å². The summed E-state index contributed by atoms with van der Waals surface area (Å²) in [4.78, 5) is 19.0. The zero-order valence-electron chi connectivity index (χ0n) is 25.4. The average molecular weight is 595 g/mol. The third-order valence-electron chi connectivity index (χ3n) is 10.0. The van der Waals surface area contributed by atoms with Gasteiger partial charge < -0.3 is 14.7 Å². The lowest BCUT2D eigenvalue weighted by Gasteiger charge is -2.32. The van der Waals surface area contributed by atoms with Crippen LogP contribution in [0.5, 0.6) is 11.5 Å². The minimum Gasteiger partial charge on any atom is -0.508 e. The number of aromatic nitrogens is 2. The summed E-state index contributed by atoms with van der Waals surface area (Å²) in [6.45, 7) is 8.03. The van der Waals surface area contributed by atoms with Gasteiger partial charge in [-0.25, -0.2) is 4.39 Å². The smallest absolute Gasteiger partial charge is 0.279 e. The zero-order chi connectivity index (χ0) is 30.6. The minimum atomic E-state index is -0.838. The Kier molecular flexibility index (Phi) is 7.25. The number of phenolic OH excluding ortho intramolecular Hbond substituents is 1. The molecule has 3 aliphatic rings. The molecule has 3 saturated heterocycles. The van der Waals surface area contributed by atoms with Crippen molar-refractivity contribution < 1.29 is 14.2 Å². The summed E-state index contributed by atoms with van der Waals surface area (Å²) >= 11 is 0.